The van der Waals surface area contributed by atoms with Crippen molar-refractivity contribution < 1.29 is 4.79 Å². The number of nitrogens with one attached hydrogen (secondary N) is 2. The van der Waals surface area contributed by atoms with Crippen molar-refractivity contribution >= 4 is 17.7 Å². The first-order chi connectivity index (χ1) is 10.8. The van der Waals surface area contributed by atoms with Gasteiger partial charge in [-0.1, -0.05) is 18.7 Å². The van der Waals surface area contributed by atoms with Gasteiger partial charge in [-0.2, -0.15) is 0 Å². The summed E-state index contributed by atoms with van der Waals surface area (Å²) >= 11 is 1.39. The van der Waals surface area contributed by atoms with Crippen LogP contribution >= 0.6 is 11.8 Å². The molecule has 118 valence electrons. The Balaban J connectivity index is 1.53. The molecule has 1 amide bonds. The van der Waals surface area contributed by atoms with Crippen molar-refractivity contribution in [1.29, 1.82) is 0 Å². The second kappa shape index (κ2) is 6.95. The number of H-pyrrole nitrogens is 2. The second-order valence-corrected chi connectivity index (χ2v) is 6.30. The quantitative estimate of drug-likeness (QED) is 0.816. The van der Waals surface area contributed by atoms with Crippen LogP contribution in [0.1, 0.15) is 37.3 Å². The van der Waals surface area contributed by atoms with Crippen molar-refractivity contribution in [3.63, 3.8) is 0 Å². The Morgan fingerprint density at radius 3 is 3.18 bits per heavy atom. The molecular weight excluding hydrogens is 300 g/mol. The lowest BCUT2D eigenvalue weighted by atomic mass is 9.97. The summed E-state index contributed by atoms with van der Waals surface area (Å²) in [6.07, 6.45) is 6.51. The van der Waals surface area contributed by atoms with E-state index in [-0.39, 0.29) is 5.91 Å². The molecule has 0 spiro atoms. The van der Waals surface area contributed by atoms with Crippen LogP contribution < -0.4 is 0 Å². The van der Waals surface area contributed by atoms with Crippen LogP contribution in [0.2, 0.25) is 0 Å². The fourth-order valence-corrected chi connectivity index (χ4v) is 3.37. The number of carbonyl (C=O) groups is 1. The molecule has 22 heavy (non-hydrogen) atoms. The molecule has 1 aliphatic rings. The Labute approximate surface area is 133 Å². The number of nitrogens with zero attached hydrogens (tertiary/aromatic N) is 4. The molecule has 7 nitrogen and oxygen atoms in total. The van der Waals surface area contributed by atoms with E-state index in [1.165, 1.54) is 11.8 Å². The van der Waals surface area contributed by atoms with Crippen molar-refractivity contribution in [2.75, 3.05) is 18.8 Å². The molecule has 0 radical (unpaired) electrons. The highest BCUT2D eigenvalue weighted by molar-refractivity contribution is 7.99. The maximum atomic E-state index is 12.4. The molecule has 0 aliphatic carbocycles. The number of amides is 1. The van der Waals surface area contributed by atoms with Gasteiger partial charge in [0.2, 0.25) is 11.1 Å². The molecule has 1 atom stereocenters. The number of likely N-dealkylation sites (tertiary alicyclic amines) is 1. The monoisotopic (exact) mass is 320 g/mol. The fraction of sp³-hybridized carbons (Fsp3) is 0.571. The summed E-state index contributed by atoms with van der Waals surface area (Å²) in [6, 6.07) is 0. The molecule has 0 aromatic carbocycles. The van der Waals surface area contributed by atoms with Gasteiger partial charge in [0.25, 0.3) is 0 Å². The van der Waals surface area contributed by atoms with E-state index in [0.717, 1.165) is 44.0 Å². The van der Waals surface area contributed by atoms with Crippen LogP contribution in [0.15, 0.2) is 17.6 Å². The van der Waals surface area contributed by atoms with E-state index in [1.54, 1.807) is 6.20 Å². The van der Waals surface area contributed by atoms with Crippen molar-refractivity contribution in [2.24, 2.45) is 0 Å². The summed E-state index contributed by atoms with van der Waals surface area (Å²) in [7, 11) is 0. The summed E-state index contributed by atoms with van der Waals surface area (Å²) in [6.45, 7) is 3.58. The minimum absolute atomic E-state index is 0.143. The van der Waals surface area contributed by atoms with E-state index in [1.807, 2.05) is 18.0 Å². The smallest absolute Gasteiger partial charge is 0.233 e. The summed E-state index contributed by atoms with van der Waals surface area (Å²) < 4.78 is 0. The van der Waals surface area contributed by atoms with Gasteiger partial charge in [0.1, 0.15) is 11.6 Å². The zero-order valence-electron chi connectivity index (χ0n) is 12.6. The number of aryl methyl sites for hydroxylation is 1. The van der Waals surface area contributed by atoms with Gasteiger partial charge in [-0.15, -0.1) is 5.10 Å². The number of hydrogen-bond acceptors (Lipinski definition) is 5. The minimum atomic E-state index is 0.143. The predicted molar refractivity (Wildman–Crippen MR) is 83.6 cm³/mol. The van der Waals surface area contributed by atoms with Gasteiger partial charge in [0.05, 0.1) is 5.75 Å². The normalized spacial score (nSPS) is 18.6. The van der Waals surface area contributed by atoms with Gasteiger partial charge in [0, 0.05) is 37.8 Å². The Morgan fingerprint density at radius 1 is 1.55 bits per heavy atom. The number of piperidine rings is 1. The average Bonchev–Trinajstić information content (AvgIpc) is 3.24. The zero-order chi connectivity index (χ0) is 15.4. The predicted octanol–water partition coefficient (Wildman–Crippen LogP) is 1.59. The molecule has 3 rings (SSSR count). The first-order valence-electron chi connectivity index (χ1n) is 7.57. The Morgan fingerprint density at radius 2 is 2.45 bits per heavy atom. The van der Waals surface area contributed by atoms with Crippen molar-refractivity contribution in [3.8, 4) is 0 Å². The van der Waals surface area contributed by atoms with Gasteiger partial charge < -0.3 is 9.88 Å². The largest absolute Gasteiger partial charge is 0.348 e. The molecule has 0 bridgehead atoms. The molecule has 8 heteroatoms. The highest BCUT2D eigenvalue weighted by Gasteiger charge is 2.26. The molecular formula is C14H20N6OS. The molecule has 1 saturated heterocycles. The van der Waals surface area contributed by atoms with Crippen LogP contribution in [0.5, 0.6) is 0 Å². The SMILES string of the molecule is CCc1nc(SCC(=O)N2CCC[C@H](c3ncc[nH]3)C2)n[nH]1. The van der Waals surface area contributed by atoms with E-state index in [4.69, 9.17) is 0 Å². The Hall–Kier alpha value is -1.83. The third-order valence-corrected chi connectivity index (χ3v) is 4.68. The number of thioether (sulfide) groups is 1. The molecule has 0 unspecified atom stereocenters. The molecule has 1 fully saturated rings. The third-order valence-electron chi connectivity index (χ3n) is 3.85. The van der Waals surface area contributed by atoms with Crippen molar-refractivity contribution in [2.45, 2.75) is 37.3 Å². The maximum Gasteiger partial charge on any atom is 0.233 e. The third kappa shape index (κ3) is 3.49. The van der Waals surface area contributed by atoms with Crippen LogP contribution in [0.3, 0.4) is 0 Å². The molecule has 2 aromatic rings. The number of aromatic nitrogens is 5. The topological polar surface area (TPSA) is 90.6 Å². The number of rotatable bonds is 5. The molecule has 1 aliphatic heterocycles. The Kier molecular flexibility index (Phi) is 4.77. The number of imidazole rings is 1. The molecule has 0 saturated carbocycles. The van der Waals surface area contributed by atoms with Crippen LogP contribution in [0, 0.1) is 0 Å². The lowest BCUT2D eigenvalue weighted by Gasteiger charge is -2.31. The first-order valence-corrected chi connectivity index (χ1v) is 8.56. The van der Waals surface area contributed by atoms with Crippen LogP contribution in [-0.4, -0.2) is 54.8 Å². The van der Waals surface area contributed by atoms with E-state index in [0.29, 0.717) is 16.8 Å². The lowest BCUT2D eigenvalue weighted by Crippen LogP contribution is -2.40. The van der Waals surface area contributed by atoms with Crippen molar-refractivity contribution in [1.82, 2.24) is 30.0 Å². The Bertz CT molecular complexity index is 611. The van der Waals surface area contributed by atoms with E-state index in [9.17, 15) is 4.79 Å². The lowest BCUT2D eigenvalue weighted by molar-refractivity contribution is -0.129. The molecule has 2 N–H and O–H groups in total. The average molecular weight is 320 g/mol. The van der Waals surface area contributed by atoms with Gasteiger partial charge >= 0.3 is 0 Å². The van der Waals surface area contributed by atoms with E-state index >= 15 is 0 Å². The van der Waals surface area contributed by atoms with Crippen LogP contribution in [0.25, 0.3) is 0 Å². The van der Waals surface area contributed by atoms with E-state index in [2.05, 4.69) is 25.1 Å². The number of aromatic amines is 2. The van der Waals surface area contributed by atoms with E-state index < -0.39 is 0 Å². The van der Waals surface area contributed by atoms with Crippen LogP contribution in [0.4, 0.5) is 0 Å². The second-order valence-electron chi connectivity index (χ2n) is 5.36. The minimum Gasteiger partial charge on any atom is -0.348 e. The standard InChI is InChI=1S/C14H20N6OS/c1-2-11-17-14(19-18-11)22-9-12(21)20-7-3-4-10(8-20)13-15-5-6-16-13/h5-6,10H,2-4,7-9H2,1H3,(H,15,16)(H,17,18,19)/t10-/m0/s1. The van der Waals surface area contributed by atoms with Crippen molar-refractivity contribution in [3.05, 3.63) is 24.0 Å². The summed E-state index contributed by atoms with van der Waals surface area (Å²) in [5.74, 6) is 2.67. The summed E-state index contributed by atoms with van der Waals surface area (Å²) in [5.41, 5.74) is 0. The highest BCUT2D eigenvalue weighted by atomic mass is 32.2. The number of carbonyl (C=O) groups excluding carboxylic acids is 1. The molecule has 2 aromatic heterocycles. The van der Waals surface area contributed by atoms with Gasteiger partial charge in [-0.25, -0.2) is 9.97 Å². The first kappa shape index (κ1) is 15.1. The van der Waals surface area contributed by atoms with Gasteiger partial charge in [-0.3, -0.25) is 9.89 Å². The highest BCUT2D eigenvalue weighted by Crippen LogP contribution is 2.25. The number of hydrogen-bond donors (Lipinski definition) is 2. The molecule has 3 heterocycles. The fourth-order valence-electron chi connectivity index (χ4n) is 2.65. The summed E-state index contributed by atoms with van der Waals surface area (Å²) in [5, 5.41) is 7.61. The van der Waals surface area contributed by atoms with Gasteiger partial charge in [-0.05, 0) is 12.8 Å². The van der Waals surface area contributed by atoms with Crippen LogP contribution in [-0.2, 0) is 11.2 Å². The van der Waals surface area contributed by atoms with Gasteiger partial charge in [0.15, 0.2) is 0 Å². The zero-order valence-corrected chi connectivity index (χ0v) is 13.4. The summed E-state index contributed by atoms with van der Waals surface area (Å²) in [4.78, 5) is 26.1. The maximum absolute atomic E-state index is 12.4.